The highest BCUT2D eigenvalue weighted by atomic mass is 16.2. The predicted molar refractivity (Wildman–Crippen MR) is 100 cm³/mol. The van der Waals surface area contributed by atoms with Crippen molar-refractivity contribution >= 4 is 33.4 Å². The number of aromatic nitrogens is 2. The number of aromatic amines is 1. The second kappa shape index (κ2) is 5.45. The molecule has 0 saturated heterocycles. The van der Waals surface area contributed by atoms with Gasteiger partial charge in [0.15, 0.2) is 0 Å². The van der Waals surface area contributed by atoms with Gasteiger partial charge >= 0.3 is 0 Å². The van der Waals surface area contributed by atoms with Gasteiger partial charge in [-0.2, -0.15) is 0 Å². The quantitative estimate of drug-likeness (QED) is 0.571. The summed E-state index contributed by atoms with van der Waals surface area (Å²) in [7, 11) is 0. The fourth-order valence-electron chi connectivity index (χ4n) is 3.34. The van der Waals surface area contributed by atoms with Gasteiger partial charge in [0.05, 0.1) is 0 Å². The molecular weight excluding hydrogens is 310 g/mol. The molecule has 1 amide bonds. The van der Waals surface area contributed by atoms with Crippen molar-refractivity contribution in [3.63, 3.8) is 0 Å². The van der Waals surface area contributed by atoms with Gasteiger partial charge in [-0.1, -0.05) is 24.3 Å². The maximum Gasteiger partial charge on any atom is 0.228 e. The molecule has 1 aliphatic rings. The van der Waals surface area contributed by atoms with Crippen molar-refractivity contribution in [3.8, 4) is 11.1 Å². The van der Waals surface area contributed by atoms with Crippen LogP contribution < -0.4 is 5.32 Å². The molecule has 0 spiro atoms. The first-order chi connectivity index (χ1) is 12.3. The van der Waals surface area contributed by atoms with Gasteiger partial charge in [0.1, 0.15) is 5.82 Å². The number of carbonyl (C=O) groups is 1. The van der Waals surface area contributed by atoms with E-state index >= 15 is 0 Å². The summed E-state index contributed by atoms with van der Waals surface area (Å²) >= 11 is 0. The topological polar surface area (TPSA) is 57.8 Å². The molecule has 1 aliphatic carbocycles. The second-order valence-corrected chi connectivity index (χ2v) is 6.60. The lowest BCUT2D eigenvalue weighted by Crippen LogP contribution is -2.14. The van der Waals surface area contributed by atoms with E-state index in [0.29, 0.717) is 5.82 Å². The second-order valence-electron chi connectivity index (χ2n) is 6.60. The number of H-pyrrole nitrogens is 1. The molecule has 25 heavy (non-hydrogen) atoms. The number of anilines is 1. The van der Waals surface area contributed by atoms with Crippen LogP contribution in [0.25, 0.3) is 32.8 Å². The number of rotatable bonds is 3. The third kappa shape index (κ3) is 2.47. The summed E-state index contributed by atoms with van der Waals surface area (Å²) in [6, 6.07) is 16.6. The van der Waals surface area contributed by atoms with Crippen molar-refractivity contribution in [2.24, 2.45) is 5.92 Å². The molecule has 2 aromatic heterocycles. The number of hydrogen-bond acceptors (Lipinski definition) is 2. The van der Waals surface area contributed by atoms with E-state index in [9.17, 15) is 4.79 Å². The number of carbonyl (C=O) groups excluding carboxylic acids is 1. The van der Waals surface area contributed by atoms with Gasteiger partial charge in [-0.15, -0.1) is 0 Å². The Morgan fingerprint density at radius 1 is 1.08 bits per heavy atom. The lowest BCUT2D eigenvalue weighted by molar-refractivity contribution is -0.117. The highest BCUT2D eigenvalue weighted by Gasteiger charge is 2.30. The average molecular weight is 327 g/mol. The fraction of sp³-hybridized carbons (Fsp3) is 0.143. The third-order valence-corrected chi connectivity index (χ3v) is 4.86. The zero-order chi connectivity index (χ0) is 16.8. The Morgan fingerprint density at radius 2 is 2.00 bits per heavy atom. The molecule has 0 bridgehead atoms. The van der Waals surface area contributed by atoms with Crippen LogP contribution in [-0.2, 0) is 4.79 Å². The first kappa shape index (κ1) is 14.2. The monoisotopic (exact) mass is 327 g/mol. The SMILES string of the molecule is O=C(Nc1nccc2ccc(-c3cccc4[nH]ccc34)cc12)C1CC1. The molecule has 5 rings (SSSR count). The average Bonchev–Trinajstić information content (AvgIpc) is 3.38. The van der Waals surface area contributed by atoms with E-state index < -0.39 is 0 Å². The van der Waals surface area contributed by atoms with Gasteiger partial charge < -0.3 is 10.3 Å². The van der Waals surface area contributed by atoms with Crippen LogP contribution in [0, 0.1) is 5.92 Å². The minimum atomic E-state index is 0.0816. The zero-order valence-corrected chi connectivity index (χ0v) is 13.6. The van der Waals surface area contributed by atoms with E-state index in [4.69, 9.17) is 0 Å². The van der Waals surface area contributed by atoms with Crippen molar-refractivity contribution < 1.29 is 4.79 Å². The molecule has 2 N–H and O–H groups in total. The van der Waals surface area contributed by atoms with Crippen molar-refractivity contribution in [2.75, 3.05) is 5.32 Å². The molecule has 2 heterocycles. The summed E-state index contributed by atoms with van der Waals surface area (Å²) < 4.78 is 0. The molecule has 1 fully saturated rings. The zero-order valence-electron chi connectivity index (χ0n) is 13.6. The summed E-state index contributed by atoms with van der Waals surface area (Å²) in [5, 5.41) is 6.24. The van der Waals surface area contributed by atoms with Crippen molar-refractivity contribution in [2.45, 2.75) is 12.8 Å². The smallest absolute Gasteiger partial charge is 0.228 e. The van der Waals surface area contributed by atoms with Gasteiger partial charge in [0.25, 0.3) is 0 Å². The van der Waals surface area contributed by atoms with Crippen LogP contribution in [0.4, 0.5) is 5.82 Å². The maximum absolute atomic E-state index is 12.2. The summed E-state index contributed by atoms with van der Waals surface area (Å²) in [6.07, 6.45) is 5.67. The Balaban J connectivity index is 1.65. The van der Waals surface area contributed by atoms with Crippen LogP contribution in [-0.4, -0.2) is 15.9 Å². The van der Waals surface area contributed by atoms with Crippen LogP contribution in [0.2, 0.25) is 0 Å². The van der Waals surface area contributed by atoms with Crippen LogP contribution in [0.5, 0.6) is 0 Å². The Hall–Kier alpha value is -3.14. The van der Waals surface area contributed by atoms with Gasteiger partial charge in [-0.25, -0.2) is 4.98 Å². The molecule has 0 aliphatic heterocycles. The number of nitrogens with one attached hydrogen (secondary N) is 2. The lowest BCUT2D eigenvalue weighted by atomic mass is 9.99. The minimum Gasteiger partial charge on any atom is -0.361 e. The van der Waals surface area contributed by atoms with Gasteiger partial charge in [0, 0.05) is 34.6 Å². The number of nitrogens with zero attached hydrogens (tertiary/aromatic N) is 1. The molecule has 0 atom stereocenters. The minimum absolute atomic E-state index is 0.0816. The van der Waals surface area contributed by atoms with Crippen LogP contribution in [0.1, 0.15) is 12.8 Å². The number of fused-ring (bicyclic) bond motifs is 2. The molecular formula is C21H17N3O. The number of benzene rings is 2. The molecule has 0 unspecified atom stereocenters. The fourth-order valence-corrected chi connectivity index (χ4v) is 3.34. The Labute approximate surface area is 144 Å². The number of amides is 1. The Morgan fingerprint density at radius 3 is 2.88 bits per heavy atom. The van der Waals surface area contributed by atoms with E-state index in [0.717, 1.165) is 34.7 Å². The van der Waals surface area contributed by atoms with Crippen LogP contribution >= 0.6 is 0 Å². The van der Waals surface area contributed by atoms with Crippen LogP contribution in [0.3, 0.4) is 0 Å². The van der Waals surface area contributed by atoms with E-state index in [-0.39, 0.29) is 11.8 Å². The summed E-state index contributed by atoms with van der Waals surface area (Å²) in [4.78, 5) is 19.8. The molecule has 0 radical (unpaired) electrons. The maximum atomic E-state index is 12.2. The van der Waals surface area contributed by atoms with E-state index in [2.05, 4.69) is 57.7 Å². The first-order valence-corrected chi connectivity index (χ1v) is 8.56. The number of hydrogen-bond donors (Lipinski definition) is 2. The van der Waals surface area contributed by atoms with E-state index in [1.54, 1.807) is 6.20 Å². The molecule has 1 saturated carbocycles. The predicted octanol–water partition coefficient (Wildman–Crippen LogP) is 4.73. The normalized spacial score (nSPS) is 14.1. The van der Waals surface area contributed by atoms with Gasteiger partial charge in [-0.05, 0) is 53.6 Å². The first-order valence-electron chi connectivity index (χ1n) is 8.56. The summed E-state index contributed by atoms with van der Waals surface area (Å²) in [5.74, 6) is 0.893. The largest absolute Gasteiger partial charge is 0.361 e. The van der Waals surface area contributed by atoms with Gasteiger partial charge in [0.2, 0.25) is 5.91 Å². The Bertz CT molecular complexity index is 1110. The standard InChI is InChI=1S/C21H17N3O/c25-21(14-5-6-14)24-20-18-12-15(7-4-13(18)8-10-23-20)16-2-1-3-19-17(16)9-11-22-19/h1-4,7-12,14,22H,5-6H2,(H,23,24,25). The molecule has 4 aromatic rings. The van der Waals surface area contributed by atoms with Crippen molar-refractivity contribution in [1.82, 2.24) is 9.97 Å². The summed E-state index contributed by atoms with van der Waals surface area (Å²) in [6.45, 7) is 0. The highest BCUT2D eigenvalue weighted by molar-refractivity contribution is 6.04. The van der Waals surface area contributed by atoms with E-state index in [1.807, 2.05) is 12.3 Å². The van der Waals surface area contributed by atoms with Crippen LogP contribution in [0.15, 0.2) is 60.9 Å². The Kier molecular flexibility index (Phi) is 3.10. The molecule has 2 aromatic carbocycles. The van der Waals surface area contributed by atoms with Crippen molar-refractivity contribution in [3.05, 3.63) is 60.9 Å². The summed E-state index contributed by atoms with van der Waals surface area (Å²) in [5.41, 5.74) is 3.41. The third-order valence-electron chi connectivity index (χ3n) is 4.86. The lowest BCUT2D eigenvalue weighted by Gasteiger charge is -2.10. The molecule has 4 heteroatoms. The van der Waals surface area contributed by atoms with E-state index in [1.165, 1.54) is 10.9 Å². The highest BCUT2D eigenvalue weighted by Crippen LogP contribution is 2.34. The number of pyridine rings is 1. The molecule has 122 valence electrons. The molecule has 4 nitrogen and oxygen atoms in total. The van der Waals surface area contributed by atoms with Gasteiger partial charge in [-0.3, -0.25) is 4.79 Å². The van der Waals surface area contributed by atoms with Crippen molar-refractivity contribution in [1.29, 1.82) is 0 Å².